The van der Waals surface area contributed by atoms with Gasteiger partial charge in [-0.2, -0.15) is 0 Å². The van der Waals surface area contributed by atoms with E-state index in [4.69, 9.17) is 9.47 Å². The molecule has 0 saturated carbocycles. The van der Waals surface area contributed by atoms with Crippen molar-refractivity contribution in [3.63, 3.8) is 0 Å². The molecule has 2 heterocycles. The van der Waals surface area contributed by atoms with Crippen LogP contribution in [0.15, 0.2) is 54.7 Å². The minimum absolute atomic E-state index is 0.193. The van der Waals surface area contributed by atoms with Crippen LogP contribution in [0, 0.1) is 0 Å². The number of carbonyl (C=O) groups is 1. The van der Waals surface area contributed by atoms with Crippen molar-refractivity contribution in [2.24, 2.45) is 0 Å². The summed E-state index contributed by atoms with van der Waals surface area (Å²) < 4.78 is 11.2. The lowest BCUT2D eigenvalue weighted by Crippen LogP contribution is -2.12. The Labute approximate surface area is 139 Å². The highest BCUT2D eigenvalue weighted by atomic mass is 16.5. The molecule has 0 saturated heterocycles. The minimum atomic E-state index is -0.193. The molecule has 0 bridgehead atoms. The predicted octanol–water partition coefficient (Wildman–Crippen LogP) is 3.65. The van der Waals surface area contributed by atoms with Crippen LogP contribution in [0.4, 0.5) is 5.69 Å². The first kappa shape index (κ1) is 14.5. The molecule has 0 atom stereocenters. The van der Waals surface area contributed by atoms with Gasteiger partial charge in [-0.15, -0.1) is 0 Å². The summed E-state index contributed by atoms with van der Waals surface area (Å²) in [5.41, 5.74) is 2.10. The van der Waals surface area contributed by atoms with Crippen LogP contribution in [0.25, 0.3) is 10.9 Å². The SMILES string of the molecule is O=C(Nc1cccc2ncccc12)c1ccc2c(c1)OCCCO2. The molecule has 120 valence electrons. The lowest BCUT2D eigenvalue weighted by Gasteiger charge is -2.11. The third-order valence-corrected chi connectivity index (χ3v) is 3.90. The molecule has 1 aliphatic heterocycles. The molecule has 1 aliphatic rings. The van der Waals surface area contributed by atoms with E-state index in [0.29, 0.717) is 30.3 Å². The normalized spacial score (nSPS) is 13.3. The van der Waals surface area contributed by atoms with Crippen LogP contribution >= 0.6 is 0 Å². The zero-order chi connectivity index (χ0) is 16.4. The standard InChI is InChI=1S/C19H16N2O3/c22-19(13-7-8-17-18(12-13)24-11-3-10-23-17)21-16-6-1-5-15-14(16)4-2-9-20-15/h1-2,4-9,12H,3,10-11H2,(H,21,22). The van der Waals surface area contributed by atoms with Crippen molar-refractivity contribution in [3.05, 3.63) is 60.3 Å². The average molecular weight is 320 g/mol. The van der Waals surface area contributed by atoms with E-state index in [2.05, 4.69) is 10.3 Å². The number of aromatic nitrogens is 1. The van der Waals surface area contributed by atoms with Crippen LogP contribution in [-0.4, -0.2) is 24.1 Å². The van der Waals surface area contributed by atoms with E-state index >= 15 is 0 Å². The summed E-state index contributed by atoms with van der Waals surface area (Å²) in [4.78, 5) is 16.9. The molecule has 0 unspecified atom stereocenters. The number of hydrogen-bond donors (Lipinski definition) is 1. The van der Waals surface area contributed by atoms with Crippen molar-refractivity contribution in [2.45, 2.75) is 6.42 Å². The topological polar surface area (TPSA) is 60.5 Å². The third-order valence-electron chi connectivity index (χ3n) is 3.90. The van der Waals surface area contributed by atoms with Crippen LogP contribution in [0.2, 0.25) is 0 Å². The van der Waals surface area contributed by atoms with Crippen molar-refractivity contribution in [1.29, 1.82) is 0 Å². The monoisotopic (exact) mass is 320 g/mol. The molecule has 24 heavy (non-hydrogen) atoms. The summed E-state index contributed by atoms with van der Waals surface area (Å²) in [6.45, 7) is 1.22. The molecule has 5 heteroatoms. The van der Waals surface area contributed by atoms with Gasteiger partial charge in [-0.3, -0.25) is 9.78 Å². The number of fused-ring (bicyclic) bond motifs is 2. The largest absolute Gasteiger partial charge is 0.490 e. The average Bonchev–Trinajstić information content (AvgIpc) is 2.86. The molecule has 0 radical (unpaired) electrons. The number of nitrogens with one attached hydrogen (secondary N) is 1. The van der Waals surface area contributed by atoms with E-state index in [1.807, 2.05) is 30.3 Å². The van der Waals surface area contributed by atoms with E-state index in [0.717, 1.165) is 23.0 Å². The second-order valence-electron chi connectivity index (χ2n) is 5.54. The Hall–Kier alpha value is -3.08. The number of benzene rings is 2. The first-order chi connectivity index (χ1) is 11.8. The number of anilines is 1. The molecule has 0 spiro atoms. The zero-order valence-electron chi connectivity index (χ0n) is 13.0. The molecule has 2 aromatic carbocycles. The fourth-order valence-electron chi connectivity index (χ4n) is 2.71. The Balaban J connectivity index is 1.63. The van der Waals surface area contributed by atoms with Crippen molar-refractivity contribution in [2.75, 3.05) is 18.5 Å². The first-order valence-corrected chi connectivity index (χ1v) is 7.86. The number of ether oxygens (including phenoxy) is 2. The van der Waals surface area contributed by atoms with Crippen LogP contribution in [0.1, 0.15) is 16.8 Å². The first-order valence-electron chi connectivity index (χ1n) is 7.86. The Morgan fingerprint density at radius 1 is 1.00 bits per heavy atom. The summed E-state index contributed by atoms with van der Waals surface area (Å²) in [6, 6.07) is 14.7. The fourth-order valence-corrected chi connectivity index (χ4v) is 2.71. The van der Waals surface area contributed by atoms with Gasteiger partial charge in [-0.1, -0.05) is 6.07 Å². The van der Waals surface area contributed by atoms with Crippen molar-refractivity contribution in [1.82, 2.24) is 4.98 Å². The third kappa shape index (κ3) is 2.76. The number of pyridine rings is 1. The Morgan fingerprint density at radius 2 is 1.88 bits per heavy atom. The molecule has 0 fully saturated rings. The van der Waals surface area contributed by atoms with Crippen molar-refractivity contribution in [3.8, 4) is 11.5 Å². The van der Waals surface area contributed by atoms with Gasteiger partial charge in [0, 0.05) is 23.6 Å². The molecule has 0 aliphatic carbocycles. The number of hydrogen-bond acceptors (Lipinski definition) is 4. The Morgan fingerprint density at radius 3 is 2.79 bits per heavy atom. The smallest absolute Gasteiger partial charge is 0.255 e. The van der Waals surface area contributed by atoms with Gasteiger partial charge in [0.05, 0.1) is 24.4 Å². The molecule has 1 amide bonds. The van der Waals surface area contributed by atoms with Crippen LogP contribution < -0.4 is 14.8 Å². The van der Waals surface area contributed by atoms with E-state index in [1.54, 1.807) is 24.4 Å². The molecule has 5 nitrogen and oxygen atoms in total. The van der Waals surface area contributed by atoms with Gasteiger partial charge in [-0.25, -0.2) is 0 Å². The van der Waals surface area contributed by atoms with Crippen LogP contribution in [0.5, 0.6) is 11.5 Å². The van der Waals surface area contributed by atoms with Crippen LogP contribution in [0.3, 0.4) is 0 Å². The highest BCUT2D eigenvalue weighted by Crippen LogP contribution is 2.31. The number of rotatable bonds is 2. The lowest BCUT2D eigenvalue weighted by atomic mass is 10.1. The lowest BCUT2D eigenvalue weighted by molar-refractivity contribution is 0.102. The maximum Gasteiger partial charge on any atom is 0.255 e. The van der Waals surface area contributed by atoms with Crippen molar-refractivity contribution < 1.29 is 14.3 Å². The van der Waals surface area contributed by atoms with Gasteiger partial charge >= 0.3 is 0 Å². The van der Waals surface area contributed by atoms with Gasteiger partial charge in [0.1, 0.15) is 0 Å². The Bertz CT molecular complexity index is 903. The molecular weight excluding hydrogens is 304 g/mol. The molecule has 1 aromatic heterocycles. The van der Waals surface area contributed by atoms with Crippen LogP contribution in [-0.2, 0) is 0 Å². The van der Waals surface area contributed by atoms with E-state index < -0.39 is 0 Å². The van der Waals surface area contributed by atoms with Gasteiger partial charge < -0.3 is 14.8 Å². The summed E-state index contributed by atoms with van der Waals surface area (Å²) in [6.07, 6.45) is 2.57. The van der Waals surface area contributed by atoms with Gasteiger partial charge in [-0.05, 0) is 42.5 Å². The summed E-state index contributed by atoms with van der Waals surface area (Å²) in [5, 5.41) is 3.85. The number of nitrogens with zero attached hydrogens (tertiary/aromatic N) is 1. The second-order valence-corrected chi connectivity index (χ2v) is 5.54. The summed E-state index contributed by atoms with van der Waals surface area (Å²) in [7, 11) is 0. The van der Waals surface area contributed by atoms with E-state index in [1.165, 1.54) is 0 Å². The highest BCUT2D eigenvalue weighted by molar-refractivity contribution is 6.08. The van der Waals surface area contributed by atoms with Gasteiger partial charge in [0.2, 0.25) is 0 Å². The maximum absolute atomic E-state index is 12.6. The fraction of sp³-hybridized carbons (Fsp3) is 0.158. The zero-order valence-corrected chi connectivity index (χ0v) is 13.0. The predicted molar refractivity (Wildman–Crippen MR) is 91.7 cm³/mol. The minimum Gasteiger partial charge on any atom is -0.490 e. The quantitative estimate of drug-likeness (QED) is 0.783. The number of amides is 1. The molecule has 3 aromatic rings. The van der Waals surface area contributed by atoms with E-state index in [-0.39, 0.29) is 5.91 Å². The summed E-state index contributed by atoms with van der Waals surface area (Å²) >= 11 is 0. The highest BCUT2D eigenvalue weighted by Gasteiger charge is 2.15. The Kier molecular flexibility index (Phi) is 3.75. The van der Waals surface area contributed by atoms with Gasteiger partial charge in [0.15, 0.2) is 11.5 Å². The summed E-state index contributed by atoms with van der Waals surface area (Å²) in [5.74, 6) is 1.10. The van der Waals surface area contributed by atoms with Gasteiger partial charge in [0.25, 0.3) is 5.91 Å². The molecule has 1 N–H and O–H groups in total. The van der Waals surface area contributed by atoms with Crippen molar-refractivity contribution >= 4 is 22.5 Å². The second kappa shape index (κ2) is 6.20. The molecule has 4 rings (SSSR count). The molecular formula is C19H16N2O3. The van der Waals surface area contributed by atoms with E-state index in [9.17, 15) is 4.79 Å². The maximum atomic E-state index is 12.6. The number of carbonyl (C=O) groups excluding carboxylic acids is 1.